The van der Waals surface area contributed by atoms with Gasteiger partial charge in [-0.05, 0) is 117 Å². The summed E-state index contributed by atoms with van der Waals surface area (Å²) >= 11 is 0. The van der Waals surface area contributed by atoms with E-state index in [-0.39, 0.29) is 27.0 Å². The molecule has 0 radical (unpaired) electrons. The van der Waals surface area contributed by atoms with Crippen LogP contribution in [0.2, 0.25) is 0 Å². The Morgan fingerprint density at radius 1 is 0.585 bits per heavy atom. The van der Waals surface area contributed by atoms with Gasteiger partial charge in [0, 0.05) is 52.4 Å². The zero-order chi connectivity index (χ0) is 47.4. The Hall–Kier alpha value is -5.31. The van der Waals surface area contributed by atoms with Crippen molar-refractivity contribution in [3.05, 3.63) is 131 Å². The van der Waals surface area contributed by atoms with Crippen LogP contribution in [0.5, 0.6) is 0 Å². The number of benzene rings is 6. The quantitative estimate of drug-likeness (QED) is 0.0540. The van der Waals surface area contributed by atoms with E-state index in [9.17, 15) is 51.9 Å². The highest BCUT2D eigenvalue weighted by Gasteiger charge is 2.48. The molecule has 0 unspecified atom stereocenters. The summed E-state index contributed by atoms with van der Waals surface area (Å²) in [5, 5.41) is 2.27. The number of hydrogen-bond donors (Lipinski definition) is 4. The molecule has 8 rings (SSSR count). The largest absolute Gasteiger partial charge is 0.313 e. The zero-order valence-corrected chi connectivity index (χ0v) is 39.5. The van der Waals surface area contributed by atoms with Crippen LogP contribution in [0.15, 0.2) is 128 Å². The maximum Gasteiger partial charge on any atom is 0.295 e. The van der Waals surface area contributed by atoms with Gasteiger partial charge < -0.3 is 4.90 Å². The Morgan fingerprint density at radius 3 is 1.83 bits per heavy atom. The van der Waals surface area contributed by atoms with E-state index in [1.807, 2.05) is 39.8 Å². The summed E-state index contributed by atoms with van der Waals surface area (Å²) < 4.78 is 142. The second kappa shape index (κ2) is 15.7. The predicted molar refractivity (Wildman–Crippen MR) is 251 cm³/mol. The second-order valence-electron chi connectivity index (χ2n) is 17.7. The van der Waals surface area contributed by atoms with Crippen LogP contribution in [0.25, 0.3) is 21.5 Å². The summed E-state index contributed by atoms with van der Waals surface area (Å²) in [6, 6.07) is 24.8. The van der Waals surface area contributed by atoms with Crippen molar-refractivity contribution in [2.45, 2.75) is 97.6 Å². The van der Waals surface area contributed by atoms with Gasteiger partial charge in [-0.25, -0.2) is 0 Å². The normalized spacial score (nSPS) is 16.8. The van der Waals surface area contributed by atoms with Crippen LogP contribution in [-0.2, 0) is 51.3 Å². The molecule has 0 amide bonds. The fourth-order valence-corrected chi connectivity index (χ4v) is 12.0. The standard InChI is InChI=1S/C47H46N2O12S4/c1-28-18-20-35-37(22-28)29(2)23-39-44(35)46(3,4)42(48(39)30-12-10-14-32(24-30)62(50,51)52)16-8-7-9-17-43-47(5,6)45-36-21-19-34(64(56,57)58)26-38(36)41(65(59,60)61)27-40(45)49(43)31-13-11-15-33(25-31)63(53,54)55/h10-15,17-27H,7-9,16H2,1-6H3,(H3-,50,51,52,53,54,55,56,57,58,59,60,61)/p+1. The Bertz CT molecular complexity index is 3580. The number of hydrogen-bond acceptors (Lipinski definition) is 9. The highest BCUT2D eigenvalue weighted by atomic mass is 32.2. The highest BCUT2D eigenvalue weighted by Crippen LogP contribution is 2.55. The van der Waals surface area contributed by atoms with Crippen molar-refractivity contribution in [1.82, 2.24) is 4.58 Å². The Balaban J connectivity index is 1.23. The average Bonchev–Trinajstić information content (AvgIpc) is 3.57. The molecule has 0 saturated heterocycles. The summed E-state index contributed by atoms with van der Waals surface area (Å²) in [4.78, 5) is -0.238. The summed E-state index contributed by atoms with van der Waals surface area (Å²) in [7, 11) is -19.0. The molecule has 0 atom stereocenters. The molecular formula is C47H47N2O12S4+. The van der Waals surface area contributed by atoms with Gasteiger partial charge in [0.1, 0.15) is 9.79 Å². The maximum atomic E-state index is 13.0. The minimum Gasteiger partial charge on any atom is -0.313 e. The molecule has 0 bridgehead atoms. The first-order valence-electron chi connectivity index (χ1n) is 20.5. The van der Waals surface area contributed by atoms with Crippen LogP contribution in [0.4, 0.5) is 22.7 Å². The van der Waals surface area contributed by atoms with Gasteiger partial charge in [0.25, 0.3) is 40.5 Å². The third-order valence-corrected chi connectivity index (χ3v) is 16.1. The van der Waals surface area contributed by atoms with E-state index in [2.05, 4.69) is 42.7 Å². The third kappa shape index (κ3) is 8.09. The molecule has 4 N–H and O–H groups in total. The van der Waals surface area contributed by atoms with E-state index in [1.165, 1.54) is 42.5 Å². The molecule has 0 aliphatic carbocycles. The lowest BCUT2D eigenvalue weighted by Crippen LogP contribution is -2.29. The Kier molecular flexibility index (Phi) is 11.1. The molecule has 2 aliphatic heterocycles. The lowest BCUT2D eigenvalue weighted by atomic mass is 9.77. The van der Waals surface area contributed by atoms with Crippen LogP contribution >= 0.6 is 0 Å². The smallest absolute Gasteiger partial charge is 0.295 e. The van der Waals surface area contributed by atoms with Gasteiger partial charge in [-0.1, -0.05) is 61.9 Å². The van der Waals surface area contributed by atoms with Crippen molar-refractivity contribution in [1.29, 1.82) is 0 Å². The van der Waals surface area contributed by atoms with Gasteiger partial charge in [0.05, 0.1) is 20.9 Å². The van der Waals surface area contributed by atoms with Crippen LogP contribution in [0.3, 0.4) is 0 Å². The molecule has 0 saturated carbocycles. The topological polar surface area (TPSA) is 224 Å². The summed E-state index contributed by atoms with van der Waals surface area (Å²) in [6.07, 6.45) is 4.22. The fraction of sp³-hybridized carbons (Fsp3) is 0.255. The number of fused-ring (bicyclic) bond motifs is 6. The number of allylic oxidation sites excluding steroid dienone is 2. The Labute approximate surface area is 378 Å². The SMILES string of the molecule is Cc1ccc2c3c(cc(C)c2c1)[N+](c1cccc(S(=O)(=O)O)c1)=C(CCCCC=C1N(c2cccc(S(=O)(=O)O)c2)c2cc(S(=O)(=O)O)c4cc(S(=O)(=O)O)ccc4c2C1(C)C)C3(C)C. The van der Waals surface area contributed by atoms with Gasteiger partial charge in [0.2, 0.25) is 11.4 Å². The number of rotatable bonds is 11. The lowest BCUT2D eigenvalue weighted by Gasteiger charge is -2.28. The van der Waals surface area contributed by atoms with Crippen molar-refractivity contribution in [2.24, 2.45) is 0 Å². The van der Waals surface area contributed by atoms with E-state index in [0.29, 0.717) is 42.6 Å². The second-order valence-corrected chi connectivity index (χ2v) is 23.4. The fourth-order valence-electron chi connectivity index (χ4n) is 9.78. The van der Waals surface area contributed by atoms with Crippen molar-refractivity contribution in [3.8, 4) is 0 Å². The first-order chi connectivity index (χ1) is 30.1. The van der Waals surface area contributed by atoms with E-state index in [1.54, 1.807) is 17.0 Å². The molecule has 0 spiro atoms. The van der Waals surface area contributed by atoms with E-state index >= 15 is 0 Å². The van der Waals surface area contributed by atoms with Crippen LogP contribution < -0.4 is 9.48 Å². The van der Waals surface area contributed by atoms with Crippen molar-refractivity contribution in [2.75, 3.05) is 4.90 Å². The van der Waals surface area contributed by atoms with Crippen molar-refractivity contribution < 1.29 is 51.9 Å². The van der Waals surface area contributed by atoms with Crippen molar-refractivity contribution in [3.63, 3.8) is 0 Å². The molecule has 2 heterocycles. The van der Waals surface area contributed by atoms with Crippen molar-refractivity contribution >= 4 is 90.5 Å². The van der Waals surface area contributed by atoms with E-state index in [0.717, 1.165) is 51.0 Å². The van der Waals surface area contributed by atoms with E-state index < -0.39 is 66.0 Å². The van der Waals surface area contributed by atoms with Crippen LogP contribution in [0.1, 0.15) is 75.6 Å². The average molecular weight is 960 g/mol. The molecule has 18 heteroatoms. The number of unbranched alkanes of at least 4 members (excludes halogenated alkanes) is 2. The maximum absolute atomic E-state index is 13.0. The number of aryl methyl sites for hydroxylation is 2. The zero-order valence-electron chi connectivity index (χ0n) is 36.2. The van der Waals surface area contributed by atoms with Gasteiger partial charge >= 0.3 is 0 Å². The minimum absolute atomic E-state index is 0.163. The number of nitrogens with zero attached hydrogens (tertiary/aromatic N) is 2. The molecule has 2 aliphatic rings. The molecule has 14 nitrogen and oxygen atoms in total. The first-order valence-corrected chi connectivity index (χ1v) is 26.3. The van der Waals surface area contributed by atoms with Crippen LogP contribution in [-0.4, -0.2) is 57.6 Å². The Morgan fingerprint density at radius 2 is 1.18 bits per heavy atom. The van der Waals surface area contributed by atoms with Crippen LogP contribution in [0, 0.1) is 13.8 Å². The summed E-state index contributed by atoms with van der Waals surface area (Å²) in [5.41, 5.74) is 5.82. The van der Waals surface area contributed by atoms with Gasteiger partial charge in [-0.2, -0.15) is 38.2 Å². The highest BCUT2D eigenvalue weighted by molar-refractivity contribution is 7.86. The van der Waals surface area contributed by atoms with Gasteiger partial charge in [-0.3, -0.25) is 18.2 Å². The third-order valence-electron chi connectivity index (χ3n) is 12.7. The lowest BCUT2D eigenvalue weighted by molar-refractivity contribution is 0.480. The van der Waals surface area contributed by atoms with Gasteiger partial charge in [-0.15, -0.1) is 0 Å². The molecule has 6 aromatic rings. The predicted octanol–water partition coefficient (Wildman–Crippen LogP) is 9.74. The van der Waals surface area contributed by atoms with Gasteiger partial charge in [0.15, 0.2) is 5.71 Å². The summed E-state index contributed by atoms with van der Waals surface area (Å²) in [6.45, 7) is 12.1. The first kappa shape index (κ1) is 46.2. The summed E-state index contributed by atoms with van der Waals surface area (Å²) in [5.74, 6) is 0. The van der Waals surface area contributed by atoms with E-state index in [4.69, 9.17) is 0 Å². The monoisotopic (exact) mass is 959 g/mol. The molecule has 0 fully saturated rings. The minimum atomic E-state index is -5.02. The molecule has 6 aromatic carbocycles. The molecule has 65 heavy (non-hydrogen) atoms. The molecule has 340 valence electrons. The molecular weight excluding hydrogens is 913 g/mol. The number of anilines is 2. The molecule has 0 aromatic heterocycles.